The van der Waals surface area contributed by atoms with Crippen LogP contribution >= 0.6 is 0 Å². The molecule has 2 heterocycles. The maximum absolute atomic E-state index is 10.2. The highest BCUT2D eigenvalue weighted by Crippen LogP contribution is 2.22. The van der Waals surface area contributed by atoms with E-state index in [4.69, 9.17) is 10.5 Å². The average Bonchev–Trinajstić information content (AvgIpc) is 2.84. The summed E-state index contributed by atoms with van der Waals surface area (Å²) in [6, 6.07) is 7.53. The number of nitrogen functional groups attached to an aromatic ring is 1. The van der Waals surface area contributed by atoms with Crippen LogP contribution in [0.2, 0.25) is 0 Å². The molecule has 6 heteroatoms. The Hall–Kier alpha value is -1.92. The normalized spacial score (nSPS) is 22.8. The van der Waals surface area contributed by atoms with E-state index in [9.17, 15) is 5.11 Å². The SMILES string of the molecule is Nc1nc2ccccc2nc1NCC1(O)CCOC1. The van der Waals surface area contributed by atoms with E-state index in [2.05, 4.69) is 15.3 Å². The minimum Gasteiger partial charge on any atom is -0.386 e. The smallest absolute Gasteiger partial charge is 0.169 e. The standard InChI is InChI=1S/C13H16N4O2/c14-11-12(15-7-13(18)5-6-19-8-13)17-10-4-2-1-3-9(10)16-11/h1-4,18H,5-8H2,(H2,14,16)(H,15,17). The number of nitrogens with zero attached hydrogens (tertiary/aromatic N) is 2. The van der Waals surface area contributed by atoms with E-state index in [1.807, 2.05) is 24.3 Å². The van der Waals surface area contributed by atoms with Crippen LogP contribution in [-0.4, -0.2) is 40.4 Å². The third-order valence-corrected chi connectivity index (χ3v) is 3.26. The first kappa shape index (κ1) is 12.1. The lowest BCUT2D eigenvalue weighted by Gasteiger charge is -2.21. The first-order chi connectivity index (χ1) is 9.16. The predicted octanol–water partition coefficient (Wildman–Crippen LogP) is 0.775. The van der Waals surface area contributed by atoms with Gasteiger partial charge < -0.3 is 20.9 Å². The van der Waals surface area contributed by atoms with Gasteiger partial charge in [-0.15, -0.1) is 0 Å². The van der Waals surface area contributed by atoms with Crippen molar-refractivity contribution >= 4 is 22.7 Å². The summed E-state index contributed by atoms with van der Waals surface area (Å²) in [4.78, 5) is 8.70. The quantitative estimate of drug-likeness (QED) is 0.755. The summed E-state index contributed by atoms with van der Waals surface area (Å²) in [5, 5.41) is 13.2. The molecule has 0 bridgehead atoms. The molecule has 0 saturated carbocycles. The lowest BCUT2D eigenvalue weighted by Crippen LogP contribution is -2.37. The van der Waals surface area contributed by atoms with Crippen LogP contribution in [0.15, 0.2) is 24.3 Å². The van der Waals surface area contributed by atoms with Gasteiger partial charge >= 0.3 is 0 Å². The number of hydrogen-bond donors (Lipinski definition) is 3. The molecule has 1 unspecified atom stereocenters. The molecule has 100 valence electrons. The molecule has 0 spiro atoms. The number of nitrogens with two attached hydrogens (primary N) is 1. The van der Waals surface area contributed by atoms with Crippen molar-refractivity contribution in [1.29, 1.82) is 0 Å². The van der Waals surface area contributed by atoms with Crippen LogP contribution < -0.4 is 11.1 Å². The Morgan fingerprint density at radius 3 is 2.74 bits per heavy atom. The number of para-hydroxylation sites is 2. The highest BCUT2D eigenvalue weighted by molar-refractivity contribution is 5.79. The highest BCUT2D eigenvalue weighted by atomic mass is 16.5. The molecule has 4 N–H and O–H groups in total. The van der Waals surface area contributed by atoms with Gasteiger partial charge in [0.2, 0.25) is 0 Å². The minimum atomic E-state index is -0.847. The fourth-order valence-electron chi connectivity index (χ4n) is 2.13. The number of benzene rings is 1. The molecule has 1 saturated heterocycles. The Kier molecular flexibility index (Phi) is 2.96. The van der Waals surface area contributed by atoms with Gasteiger partial charge in [-0.1, -0.05) is 12.1 Å². The first-order valence-corrected chi connectivity index (χ1v) is 6.23. The number of aromatic nitrogens is 2. The van der Waals surface area contributed by atoms with E-state index < -0.39 is 5.60 Å². The van der Waals surface area contributed by atoms with E-state index in [0.717, 1.165) is 11.0 Å². The fraction of sp³-hybridized carbons (Fsp3) is 0.385. The number of aliphatic hydroxyl groups is 1. The Labute approximate surface area is 110 Å². The monoisotopic (exact) mass is 260 g/mol. The Balaban J connectivity index is 1.82. The molecule has 0 aliphatic carbocycles. The topological polar surface area (TPSA) is 93.3 Å². The van der Waals surface area contributed by atoms with Gasteiger partial charge in [-0.05, 0) is 12.1 Å². The van der Waals surface area contributed by atoms with E-state index in [1.165, 1.54) is 0 Å². The van der Waals surface area contributed by atoms with Gasteiger partial charge in [0.1, 0.15) is 5.60 Å². The number of nitrogens with one attached hydrogen (secondary N) is 1. The molecule has 3 rings (SSSR count). The van der Waals surface area contributed by atoms with Crippen LogP contribution in [-0.2, 0) is 4.74 Å². The third kappa shape index (κ3) is 2.45. The zero-order valence-electron chi connectivity index (χ0n) is 10.5. The zero-order valence-corrected chi connectivity index (χ0v) is 10.5. The van der Waals surface area contributed by atoms with Crippen molar-refractivity contribution in [3.05, 3.63) is 24.3 Å². The van der Waals surface area contributed by atoms with Gasteiger partial charge in [-0.25, -0.2) is 9.97 Å². The van der Waals surface area contributed by atoms with E-state index >= 15 is 0 Å². The van der Waals surface area contributed by atoms with E-state index in [-0.39, 0.29) is 0 Å². The number of rotatable bonds is 3. The first-order valence-electron chi connectivity index (χ1n) is 6.23. The van der Waals surface area contributed by atoms with Crippen LogP contribution in [0.25, 0.3) is 11.0 Å². The summed E-state index contributed by atoms with van der Waals surface area (Å²) in [5.74, 6) is 0.834. The van der Waals surface area contributed by atoms with E-state index in [1.54, 1.807) is 0 Å². The predicted molar refractivity (Wildman–Crippen MR) is 72.8 cm³/mol. The second kappa shape index (κ2) is 4.64. The lowest BCUT2D eigenvalue weighted by molar-refractivity contribution is 0.0381. The lowest BCUT2D eigenvalue weighted by atomic mass is 10.0. The Bertz CT molecular complexity index is 596. The van der Waals surface area contributed by atoms with Crippen molar-refractivity contribution in [3.8, 4) is 0 Å². The molecule has 1 atom stereocenters. The highest BCUT2D eigenvalue weighted by Gasteiger charge is 2.32. The number of ether oxygens (including phenoxy) is 1. The van der Waals surface area contributed by atoms with Crippen LogP contribution in [0.4, 0.5) is 11.6 Å². The molecule has 1 aliphatic heterocycles. The van der Waals surface area contributed by atoms with Crippen molar-refractivity contribution in [1.82, 2.24) is 9.97 Å². The van der Waals surface area contributed by atoms with Gasteiger partial charge in [-0.3, -0.25) is 0 Å². The zero-order chi connectivity index (χ0) is 13.3. The average molecular weight is 260 g/mol. The number of fused-ring (bicyclic) bond motifs is 1. The van der Waals surface area contributed by atoms with Crippen LogP contribution in [0.5, 0.6) is 0 Å². The van der Waals surface area contributed by atoms with Crippen LogP contribution in [0.1, 0.15) is 6.42 Å². The number of hydrogen-bond acceptors (Lipinski definition) is 6. The van der Waals surface area contributed by atoms with Gasteiger partial charge in [-0.2, -0.15) is 0 Å². The summed E-state index contributed by atoms with van der Waals surface area (Å²) in [7, 11) is 0. The molecular formula is C13H16N4O2. The van der Waals surface area contributed by atoms with Crippen molar-refractivity contribution < 1.29 is 9.84 Å². The molecule has 1 aromatic heterocycles. The van der Waals surface area contributed by atoms with E-state index in [0.29, 0.717) is 37.8 Å². The largest absolute Gasteiger partial charge is 0.386 e. The summed E-state index contributed by atoms with van der Waals surface area (Å²) >= 11 is 0. The molecule has 1 aromatic carbocycles. The van der Waals surface area contributed by atoms with Crippen molar-refractivity contribution in [3.63, 3.8) is 0 Å². The van der Waals surface area contributed by atoms with Gasteiger partial charge in [0, 0.05) is 19.6 Å². The molecule has 1 aliphatic rings. The van der Waals surface area contributed by atoms with Crippen molar-refractivity contribution in [2.24, 2.45) is 0 Å². The summed E-state index contributed by atoms with van der Waals surface area (Å²) in [6.07, 6.45) is 0.612. The second-order valence-electron chi connectivity index (χ2n) is 4.83. The van der Waals surface area contributed by atoms with Crippen molar-refractivity contribution in [2.75, 3.05) is 30.8 Å². The van der Waals surface area contributed by atoms with Crippen molar-refractivity contribution in [2.45, 2.75) is 12.0 Å². The third-order valence-electron chi connectivity index (χ3n) is 3.26. The van der Waals surface area contributed by atoms with Gasteiger partial charge in [0.25, 0.3) is 0 Å². The maximum Gasteiger partial charge on any atom is 0.169 e. The molecular weight excluding hydrogens is 244 g/mol. The molecule has 1 fully saturated rings. The van der Waals surface area contributed by atoms with Gasteiger partial charge in [0.15, 0.2) is 11.6 Å². The molecule has 6 nitrogen and oxygen atoms in total. The second-order valence-corrected chi connectivity index (χ2v) is 4.83. The maximum atomic E-state index is 10.2. The molecule has 19 heavy (non-hydrogen) atoms. The molecule has 0 amide bonds. The Morgan fingerprint density at radius 2 is 2.05 bits per heavy atom. The fourth-order valence-corrected chi connectivity index (χ4v) is 2.13. The minimum absolute atomic E-state index is 0.334. The van der Waals surface area contributed by atoms with Gasteiger partial charge in [0.05, 0.1) is 17.6 Å². The summed E-state index contributed by atoms with van der Waals surface area (Å²) < 4.78 is 5.19. The number of anilines is 2. The van der Waals surface area contributed by atoms with Crippen LogP contribution in [0, 0.1) is 0 Å². The molecule has 0 radical (unpaired) electrons. The van der Waals surface area contributed by atoms with Crippen LogP contribution in [0.3, 0.4) is 0 Å². The summed E-state index contributed by atoms with van der Waals surface area (Å²) in [5.41, 5.74) is 6.55. The summed E-state index contributed by atoms with van der Waals surface area (Å²) in [6.45, 7) is 1.27. The Morgan fingerprint density at radius 1 is 1.32 bits per heavy atom. The molecule has 2 aromatic rings.